The fraction of sp³-hybridized carbons (Fsp3) is 0.440. The molecular formula is C25H31NO3. The van der Waals surface area contributed by atoms with E-state index in [4.69, 9.17) is 4.42 Å². The van der Waals surface area contributed by atoms with Crippen molar-refractivity contribution in [3.8, 4) is 22.8 Å². The van der Waals surface area contributed by atoms with Gasteiger partial charge in [-0.2, -0.15) is 0 Å². The number of phenols is 2. The molecule has 4 heteroatoms. The number of hydrogen-bond donors (Lipinski definition) is 2. The van der Waals surface area contributed by atoms with E-state index in [1.165, 1.54) is 58.2 Å². The van der Waals surface area contributed by atoms with Gasteiger partial charge in [-0.15, -0.1) is 0 Å². The molecule has 0 atom stereocenters. The molecule has 4 nitrogen and oxygen atoms in total. The Morgan fingerprint density at radius 1 is 0.793 bits per heavy atom. The molecule has 0 saturated carbocycles. The van der Waals surface area contributed by atoms with E-state index in [9.17, 15) is 10.2 Å². The molecule has 2 aromatic carbocycles. The maximum Gasteiger partial charge on any atom is 0.138 e. The maximum absolute atomic E-state index is 9.96. The summed E-state index contributed by atoms with van der Waals surface area (Å²) in [6, 6.07) is 12.4. The van der Waals surface area contributed by atoms with Crippen molar-refractivity contribution >= 4 is 11.0 Å². The second-order valence-corrected chi connectivity index (χ2v) is 8.20. The normalized spacial score (nSPS) is 15.2. The molecule has 3 aromatic rings. The van der Waals surface area contributed by atoms with Crippen molar-refractivity contribution in [2.24, 2.45) is 0 Å². The first-order valence-electron chi connectivity index (χ1n) is 11.0. The molecule has 1 aliphatic heterocycles. The van der Waals surface area contributed by atoms with Crippen LogP contribution in [-0.2, 0) is 6.42 Å². The summed E-state index contributed by atoms with van der Waals surface area (Å²) in [4.78, 5) is 2.61. The van der Waals surface area contributed by atoms with Gasteiger partial charge in [-0.25, -0.2) is 0 Å². The minimum Gasteiger partial charge on any atom is -0.508 e. The molecule has 1 fully saturated rings. The zero-order valence-electron chi connectivity index (χ0n) is 17.1. The minimum atomic E-state index is 0.248. The topological polar surface area (TPSA) is 56.8 Å². The zero-order chi connectivity index (χ0) is 20.1. The number of likely N-dealkylation sites (tertiary alicyclic amines) is 1. The number of furan rings is 1. The highest BCUT2D eigenvalue weighted by Gasteiger charge is 2.16. The number of fused-ring (bicyclic) bond motifs is 1. The molecule has 1 saturated heterocycles. The molecule has 29 heavy (non-hydrogen) atoms. The van der Waals surface area contributed by atoms with Crippen molar-refractivity contribution < 1.29 is 14.6 Å². The number of phenolic OH excluding ortho intramolecular Hbond substituents is 2. The molecule has 1 aromatic heterocycles. The van der Waals surface area contributed by atoms with E-state index in [1.54, 1.807) is 24.3 Å². The van der Waals surface area contributed by atoms with Crippen LogP contribution in [0, 0.1) is 0 Å². The average molecular weight is 394 g/mol. The lowest BCUT2D eigenvalue weighted by atomic mass is 9.99. The van der Waals surface area contributed by atoms with Crippen molar-refractivity contribution in [2.75, 3.05) is 19.6 Å². The van der Waals surface area contributed by atoms with E-state index >= 15 is 0 Å². The van der Waals surface area contributed by atoms with Gasteiger partial charge >= 0.3 is 0 Å². The highest BCUT2D eigenvalue weighted by molar-refractivity contribution is 5.89. The summed E-state index contributed by atoms with van der Waals surface area (Å²) in [7, 11) is 0. The molecule has 154 valence electrons. The quantitative estimate of drug-likeness (QED) is 0.454. The molecule has 4 rings (SSSR count). The van der Waals surface area contributed by atoms with Gasteiger partial charge in [0.25, 0.3) is 0 Å². The van der Waals surface area contributed by atoms with Crippen LogP contribution < -0.4 is 0 Å². The van der Waals surface area contributed by atoms with Crippen molar-refractivity contribution in [3.63, 3.8) is 0 Å². The smallest absolute Gasteiger partial charge is 0.138 e. The Morgan fingerprint density at radius 3 is 2.31 bits per heavy atom. The zero-order valence-corrected chi connectivity index (χ0v) is 17.1. The Balaban J connectivity index is 1.40. The Morgan fingerprint density at radius 2 is 1.52 bits per heavy atom. The number of aryl methyl sites for hydroxylation is 1. The maximum atomic E-state index is 9.96. The lowest BCUT2D eigenvalue weighted by molar-refractivity contribution is 0.224. The molecule has 0 bridgehead atoms. The lowest BCUT2D eigenvalue weighted by Crippen LogP contribution is -2.30. The first-order valence-corrected chi connectivity index (χ1v) is 11.0. The molecular weight excluding hydrogens is 362 g/mol. The molecule has 0 unspecified atom stereocenters. The first kappa shape index (κ1) is 19.8. The van der Waals surface area contributed by atoms with E-state index in [0.717, 1.165) is 40.7 Å². The number of hydrogen-bond acceptors (Lipinski definition) is 4. The summed E-state index contributed by atoms with van der Waals surface area (Å²) in [6.07, 6.45) is 9.89. The second-order valence-electron chi connectivity index (χ2n) is 8.20. The van der Waals surface area contributed by atoms with Crippen LogP contribution in [0.5, 0.6) is 11.5 Å². The molecule has 0 radical (unpaired) electrons. The molecule has 0 spiro atoms. The van der Waals surface area contributed by atoms with Gasteiger partial charge in [-0.05, 0) is 94.2 Å². The molecule has 2 N–H and O–H groups in total. The monoisotopic (exact) mass is 393 g/mol. The van der Waals surface area contributed by atoms with Crippen LogP contribution in [0.2, 0.25) is 0 Å². The number of nitrogens with zero attached hydrogens (tertiary/aromatic N) is 1. The summed E-state index contributed by atoms with van der Waals surface area (Å²) in [6.45, 7) is 3.79. The predicted molar refractivity (Wildman–Crippen MR) is 117 cm³/mol. The van der Waals surface area contributed by atoms with Gasteiger partial charge in [-0.3, -0.25) is 0 Å². The number of piperidine rings is 1. The Bertz CT molecular complexity index is 923. The number of aromatic hydroxyl groups is 2. The fourth-order valence-corrected chi connectivity index (χ4v) is 4.40. The summed E-state index contributed by atoms with van der Waals surface area (Å²) >= 11 is 0. The molecule has 0 aliphatic carbocycles. The summed E-state index contributed by atoms with van der Waals surface area (Å²) in [5.74, 6) is 1.36. The van der Waals surface area contributed by atoms with Crippen molar-refractivity contribution in [1.82, 2.24) is 4.90 Å². The third-order valence-corrected chi connectivity index (χ3v) is 6.00. The van der Waals surface area contributed by atoms with E-state index in [-0.39, 0.29) is 11.5 Å². The van der Waals surface area contributed by atoms with Crippen molar-refractivity contribution in [3.05, 3.63) is 48.0 Å². The average Bonchev–Trinajstić information content (AvgIpc) is 3.09. The van der Waals surface area contributed by atoms with Gasteiger partial charge < -0.3 is 19.5 Å². The standard InChI is InChI=1S/C25H31NO3/c27-20-11-9-19(10-12-20)25-22(23-18-21(28)13-14-24(23)29-25)8-4-1-2-5-15-26-16-6-3-7-17-26/h9-14,18,27-28H,1-8,15-17H2. The Hall–Kier alpha value is -2.46. The Kier molecular flexibility index (Phi) is 6.40. The highest BCUT2D eigenvalue weighted by atomic mass is 16.3. The van der Waals surface area contributed by atoms with Gasteiger partial charge in [0.2, 0.25) is 0 Å². The number of benzene rings is 2. The second kappa shape index (κ2) is 9.36. The number of rotatable bonds is 8. The van der Waals surface area contributed by atoms with Crippen LogP contribution >= 0.6 is 0 Å². The third kappa shape index (κ3) is 4.94. The summed E-state index contributed by atoms with van der Waals surface area (Å²) in [5, 5.41) is 20.5. The van der Waals surface area contributed by atoms with Gasteiger partial charge in [0.05, 0.1) is 0 Å². The van der Waals surface area contributed by atoms with Crippen LogP contribution in [0.4, 0.5) is 0 Å². The van der Waals surface area contributed by atoms with Crippen molar-refractivity contribution in [2.45, 2.75) is 51.4 Å². The SMILES string of the molecule is Oc1ccc(-c2oc3ccc(O)cc3c2CCCCCCN2CCCCC2)cc1. The van der Waals surface area contributed by atoms with Gasteiger partial charge in [0.1, 0.15) is 22.8 Å². The molecule has 2 heterocycles. The largest absolute Gasteiger partial charge is 0.508 e. The summed E-state index contributed by atoms with van der Waals surface area (Å²) in [5.41, 5.74) is 2.90. The van der Waals surface area contributed by atoms with Crippen LogP contribution in [0.1, 0.15) is 50.5 Å². The van der Waals surface area contributed by atoms with Crippen molar-refractivity contribution in [1.29, 1.82) is 0 Å². The van der Waals surface area contributed by atoms with Crippen LogP contribution in [-0.4, -0.2) is 34.7 Å². The van der Waals surface area contributed by atoms with E-state index in [0.29, 0.717) is 0 Å². The van der Waals surface area contributed by atoms with E-state index < -0.39 is 0 Å². The van der Waals surface area contributed by atoms with Crippen LogP contribution in [0.3, 0.4) is 0 Å². The highest BCUT2D eigenvalue weighted by Crippen LogP contribution is 2.36. The van der Waals surface area contributed by atoms with E-state index in [1.807, 2.05) is 18.2 Å². The molecule has 0 amide bonds. The van der Waals surface area contributed by atoms with Gasteiger partial charge in [0, 0.05) is 16.5 Å². The first-order chi connectivity index (χ1) is 14.2. The third-order valence-electron chi connectivity index (χ3n) is 6.00. The molecule has 1 aliphatic rings. The Labute approximate surface area is 172 Å². The predicted octanol–water partition coefficient (Wildman–Crippen LogP) is 6.10. The van der Waals surface area contributed by atoms with Crippen LogP contribution in [0.25, 0.3) is 22.3 Å². The minimum absolute atomic E-state index is 0.248. The van der Waals surface area contributed by atoms with E-state index in [2.05, 4.69) is 4.90 Å². The lowest BCUT2D eigenvalue weighted by Gasteiger charge is -2.26. The fourth-order valence-electron chi connectivity index (χ4n) is 4.40. The number of unbranched alkanes of at least 4 members (excludes halogenated alkanes) is 3. The van der Waals surface area contributed by atoms with Gasteiger partial charge in [0.15, 0.2) is 0 Å². The summed E-state index contributed by atoms with van der Waals surface area (Å²) < 4.78 is 6.14. The van der Waals surface area contributed by atoms with Crippen LogP contribution in [0.15, 0.2) is 46.9 Å². The van der Waals surface area contributed by atoms with Gasteiger partial charge in [-0.1, -0.05) is 19.3 Å².